The summed E-state index contributed by atoms with van der Waals surface area (Å²) < 4.78 is 49.1. The molecule has 2 aromatic carbocycles. The first-order chi connectivity index (χ1) is 10.7. The van der Waals surface area contributed by atoms with Crippen LogP contribution in [0.25, 0.3) is 6.08 Å². The Hall–Kier alpha value is -1.83. The van der Waals surface area contributed by atoms with E-state index >= 15 is 0 Å². The number of anilines is 1. The zero-order chi connectivity index (χ0) is 17.1. The van der Waals surface area contributed by atoms with Crippen molar-refractivity contribution in [1.29, 1.82) is 0 Å². The molecule has 2 rings (SSSR count). The summed E-state index contributed by atoms with van der Waals surface area (Å²) in [6, 6.07) is 12.3. The molecule has 23 heavy (non-hydrogen) atoms. The first-order valence-electron chi connectivity index (χ1n) is 6.43. The Morgan fingerprint density at radius 3 is 2.13 bits per heavy atom. The number of nitrogens with one attached hydrogen (secondary N) is 1. The fourth-order valence-corrected chi connectivity index (χ4v) is 3.43. The highest BCUT2D eigenvalue weighted by molar-refractivity contribution is 7.95. The normalized spacial score (nSPS) is 12.4. The molecule has 0 spiro atoms. The van der Waals surface area contributed by atoms with Crippen molar-refractivity contribution >= 4 is 43.2 Å². The van der Waals surface area contributed by atoms with Gasteiger partial charge in [-0.25, -0.2) is 16.8 Å². The van der Waals surface area contributed by atoms with Gasteiger partial charge in [0.15, 0.2) is 9.84 Å². The van der Waals surface area contributed by atoms with Crippen LogP contribution in [0.15, 0.2) is 58.8 Å². The highest BCUT2D eigenvalue weighted by Crippen LogP contribution is 2.18. The third-order valence-electron chi connectivity index (χ3n) is 2.87. The summed E-state index contributed by atoms with van der Waals surface area (Å²) in [6.45, 7) is 0. The molecule has 0 aliphatic heterocycles. The number of rotatable bonds is 5. The third kappa shape index (κ3) is 5.09. The smallest absolute Gasteiger partial charge is 0.255 e. The lowest BCUT2D eigenvalue weighted by Gasteiger charge is -2.05. The van der Waals surface area contributed by atoms with Gasteiger partial charge in [0.05, 0.1) is 10.3 Å². The molecule has 8 heteroatoms. The van der Waals surface area contributed by atoms with Crippen molar-refractivity contribution in [3.05, 3.63) is 64.5 Å². The summed E-state index contributed by atoms with van der Waals surface area (Å²) in [5, 5.41) is 1.44. The number of hydrogen-bond donors (Lipinski definition) is 1. The standard InChI is InChI=1S/C15H14ClNO4S2/c1-22(18,19)14-8-6-13(7-9-14)17-23(20,21)11-10-12-4-2-3-5-15(12)16/h2-11,17H,1H3/b11-10+. The van der Waals surface area contributed by atoms with Crippen molar-refractivity contribution in [3.63, 3.8) is 0 Å². The minimum atomic E-state index is -3.74. The van der Waals surface area contributed by atoms with E-state index < -0.39 is 19.9 Å². The van der Waals surface area contributed by atoms with Crippen LogP contribution in [-0.4, -0.2) is 23.1 Å². The molecule has 0 bridgehead atoms. The maximum atomic E-state index is 12.0. The van der Waals surface area contributed by atoms with Gasteiger partial charge in [-0.15, -0.1) is 0 Å². The van der Waals surface area contributed by atoms with Gasteiger partial charge in [0.2, 0.25) is 0 Å². The highest BCUT2D eigenvalue weighted by Gasteiger charge is 2.09. The van der Waals surface area contributed by atoms with Crippen LogP contribution in [0.5, 0.6) is 0 Å². The van der Waals surface area contributed by atoms with E-state index in [2.05, 4.69) is 4.72 Å². The predicted molar refractivity (Wildman–Crippen MR) is 92.6 cm³/mol. The van der Waals surface area contributed by atoms with Crippen LogP contribution in [0, 0.1) is 0 Å². The number of sulfonamides is 1. The minimum Gasteiger partial charge on any atom is -0.280 e. The van der Waals surface area contributed by atoms with E-state index in [1.54, 1.807) is 24.3 Å². The lowest BCUT2D eigenvalue weighted by molar-refractivity contribution is 0.601. The molecule has 0 unspecified atom stereocenters. The summed E-state index contributed by atoms with van der Waals surface area (Å²) >= 11 is 5.95. The highest BCUT2D eigenvalue weighted by atomic mass is 35.5. The zero-order valence-electron chi connectivity index (χ0n) is 12.1. The van der Waals surface area contributed by atoms with E-state index in [4.69, 9.17) is 11.6 Å². The van der Waals surface area contributed by atoms with E-state index in [0.717, 1.165) is 11.7 Å². The van der Waals surface area contributed by atoms with E-state index in [0.29, 0.717) is 10.6 Å². The van der Waals surface area contributed by atoms with Crippen LogP contribution in [-0.2, 0) is 19.9 Å². The van der Waals surface area contributed by atoms with Crippen molar-refractivity contribution in [2.75, 3.05) is 11.0 Å². The molecule has 2 aromatic rings. The van der Waals surface area contributed by atoms with Gasteiger partial charge >= 0.3 is 0 Å². The van der Waals surface area contributed by atoms with Gasteiger partial charge in [0, 0.05) is 17.0 Å². The van der Waals surface area contributed by atoms with Crippen molar-refractivity contribution in [2.24, 2.45) is 0 Å². The third-order valence-corrected chi connectivity index (χ3v) is 5.36. The van der Waals surface area contributed by atoms with Gasteiger partial charge < -0.3 is 0 Å². The molecule has 0 heterocycles. The molecule has 0 fully saturated rings. The fourth-order valence-electron chi connectivity index (χ4n) is 1.74. The van der Waals surface area contributed by atoms with Gasteiger partial charge in [-0.1, -0.05) is 29.8 Å². The second-order valence-electron chi connectivity index (χ2n) is 4.77. The lowest BCUT2D eigenvalue weighted by Crippen LogP contribution is -2.09. The number of hydrogen-bond acceptors (Lipinski definition) is 4. The molecule has 5 nitrogen and oxygen atoms in total. The minimum absolute atomic E-state index is 0.118. The Morgan fingerprint density at radius 2 is 1.57 bits per heavy atom. The first-order valence-corrected chi connectivity index (χ1v) is 10.2. The molecule has 0 amide bonds. The molecule has 0 atom stereocenters. The summed E-state index contributed by atoms with van der Waals surface area (Å²) in [4.78, 5) is 0.118. The Bertz CT molecular complexity index is 934. The molecular weight excluding hydrogens is 358 g/mol. The monoisotopic (exact) mass is 371 g/mol. The van der Waals surface area contributed by atoms with Crippen LogP contribution in [0.3, 0.4) is 0 Å². The summed E-state index contributed by atoms with van der Waals surface area (Å²) in [5.41, 5.74) is 0.841. The Labute approximate surface area is 140 Å². The number of benzene rings is 2. The van der Waals surface area contributed by atoms with Crippen LogP contribution < -0.4 is 4.72 Å². The van der Waals surface area contributed by atoms with Gasteiger partial charge in [0.25, 0.3) is 10.0 Å². The van der Waals surface area contributed by atoms with Crippen LogP contribution in [0.2, 0.25) is 5.02 Å². The Morgan fingerprint density at radius 1 is 0.957 bits per heavy atom. The summed E-state index contributed by atoms with van der Waals surface area (Å²) in [6.07, 6.45) is 2.47. The quantitative estimate of drug-likeness (QED) is 0.875. The van der Waals surface area contributed by atoms with Gasteiger partial charge in [-0.3, -0.25) is 4.72 Å². The van der Waals surface area contributed by atoms with Crippen molar-refractivity contribution < 1.29 is 16.8 Å². The van der Waals surface area contributed by atoms with E-state index in [1.165, 1.54) is 30.3 Å². The van der Waals surface area contributed by atoms with Crippen LogP contribution >= 0.6 is 11.6 Å². The van der Waals surface area contributed by atoms with Crippen molar-refractivity contribution in [2.45, 2.75) is 4.90 Å². The van der Waals surface area contributed by atoms with Gasteiger partial charge in [-0.2, -0.15) is 0 Å². The lowest BCUT2D eigenvalue weighted by atomic mass is 10.2. The van der Waals surface area contributed by atoms with Crippen molar-refractivity contribution in [1.82, 2.24) is 0 Å². The molecule has 0 saturated carbocycles. The van der Waals surface area contributed by atoms with Crippen LogP contribution in [0.4, 0.5) is 5.69 Å². The average Bonchev–Trinajstić information content (AvgIpc) is 2.46. The molecule has 122 valence electrons. The van der Waals surface area contributed by atoms with Crippen molar-refractivity contribution in [3.8, 4) is 0 Å². The zero-order valence-corrected chi connectivity index (χ0v) is 14.5. The largest absolute Gasteiger partial charge is 0.280 e. The number of halogens is 1. The van der Waals surface area contributed by atoms with E-state index in [-0.39, 0.29) is 10.6 Å². The molecule has 0 aromatic heterocycles. The fraction of sp³-hybridized carbons (Fsp3) is 0.0667. The van der Waals surface area contributed by atoms with Gasteiger partial charge in [-0.05, 0) is 42.0 Å². The van der Waals surface area contributed by atoms with E-state index in [9.17, 15) is 16.8 Å². The Balaban J connectivity index is 2.17. The predicted octanol–water partition coefficient (Wildman–Crippen LogP) is 3.16. The second kappa shape index (κ2) is 6.74. The molecule has 0 saturated heterocycles. The topological polar surface area (TPSA) is 80.3 Å². The Kier molecular flexibility index (Phi) is 5.13. The molecular formula is C15H14ClNO4S2. The molecule has 0 aliphatic rings. The summed E-state index contributed by atoms with van der Waals surface area (Å²) in [5.74, 6) is 0. The van der Waals surface area contributed by atoms with E-state index in [1.807, 2.05) is 0 Å². The van der Waals surface area contributed by atoms with Crippen LogP contribution in [0.1, 0.15) is 5.56 Å². The average molecular weight is 372 g/mol. The molecule has 1 N–H and O–H groups in total. The second-order valence-corrected chi connectivity index (χ2v) is 8.76. The maximum absolute atomic E-state index is 12.0. The molecule has 0 aliphatic carbocycles. The first kappa shape index (κ1) is 17.5. The SMILES string of the molecule is CS(=O)(=O)c1ccc(NS(=O)(=O)/C=C/c2ccccc2Cl)cc1. The number of sulfone groups is 1. The molecule has 0 radical (unpaired) electrons. The maximum Gasteiger partial charge on any atom is 0.255 e. The van der Waals surface area contributed by atoms with Gasteiger partial charge in [0.1, 0.15) is 0 Å². The summed E-state index contributed by atoms with van der Waals surface area (Å²) in [7, 11) is -7.06.